The van der Waals surface area contributed by atoms with Crippen LogP contribution in [-0.4, -0.2) is 15.8 Å². The highest BCUT2D eigenvalue weighted by molar-refractivity contribution is 9.10. The van der Waals surface area contributed by atoms with Crippen LogP contribution in [0.2, 0.25) is 0 Å². The van der Waals surface area contributed by atoms with E-state index in [0.717, 1.165) is 10.0 Å². The van der Waals surface area contributed by atoms with E-state index in [9.17, 15) is 4.79 Å². The molecule has 2 aromatic rings. The van der Waals surface area contributed by atoms with E-state index in [2.05, 4.69) is 25.9 Å². The Morgan fingerprint density at radius 3 is 2.59 bits per heavy atom. The summed E-state index contributed by atoms with van der Waals surface area (Å²) in [6, 6.07) is 7.74. The summed E-state index contributed by atoms with van der Waals surface area (Å²) in [5, 5.41) is 0. The molecular weight excluding hydrogens is 280 g/mol. The van der Waals surface area contributed by atoms with Crippen LogP contribution in [0.5, 0.6) is 0 Å². The molecule has 3 nitrogen and oxygen atoms in total. The van der Waals surface area contributed by atoms with Crippen LogP contribution in [0.1, 0.15) is 23.0 Å². The molecule has 1 heterocycles. The number of aryl methyl sites for hydroxylation is 1. The minimum absolute atomic E-state index is 0.0128. The van der Waals surface area contributed by atoms with Gasteiger partial charge in [-0.25, -0.2) is 9.97 Å². The van der Waals surface area contributed by atoms with Crippen LogP contribution in [0.25, 0.3) is 11.4 Å². The highest BCUT2D eigenvalue weighted by atomic mass is 79.9. The van der Waals surface area contributed by atoms with Gasteiger partial charge in [-0.3, -0.25) is 4.79 Å². The fraction of sp³-hybridized carbons (Fsp3) is 0.154. The summed E-state index contributed by atoms with van der Waals surface area (Å²) in [5.74, 6) is 0.612. The van der Waals surface area contributed by atoms with Crippen molar-refractivity contribution < 1.29 is 4.79 Å². The highest BCUT2D eigenvalue weighted by Gasteiger charge is 2.10. The number of benzene rings is 1. The molecule has 0 bridgehead atoms. The molecule has 1 aromatic heterocycles. The van der Waals surface area contributed by atoms with Gasteiger partial charge in [-0.15, -0.1) is 0 Å². The molecule has 0 atom stereocenters. The molecule has 0 aliphatic heterocycles. The highest BCUT2D eigenvalue weighted by Crippen LogP contribution is 2.25. The van der Waals surface area contributed by atoms with Crippen molar-refractivity contribution in [2.24, 2.45) is 0 Å². The molecule has 0 amide bonds. The van der Waals surface area contributed by atoms with Crippen molar-refractivity contribution in [2.45, 2.75) is 13.8 Å². The van der Waals surface area contributed by atoms with Crippen molar-refractivity contribution in [3.8, 4) is 11.4 Å². The van der Waals surface area contributed by atoms with E-state index in [1.165, 1.54) is 6.92 Å². The predicted octanol–water partition coefficient (Wildman–Crippen LogP) is 3.42. The van der Waals surface area contributed by atoms with Gasteiger partial charge in [-0.05, 0) is 19.9 Å². The molecule has 0 spiro atoms. The maximum atomic E-state index is 11.3. The molecule has 1 aromatic carbocycles. The van der Waals surface area contributed by atoms with Gasteiger partial charge in [-0.2, -0.15) is 0 Å². The molecule has 0 unspecified atom stereocenters. The topological polar surface area (TPSA) is 42.9 Å². The van der Waals surface area contributed by atoms with Gasteiger partial charge in [0.25, 0.3) is 0 Å². The van der Waals surface area contributed by atoms with Crippen LogP contribution in [0.3, 0.4) is 0 Å². The molecule has 0 N–H and O–H groups in total. The first-order chi connectivity index (χ1) is 8.09. The van der Waals surface area contributed by atoms with Gasteiger partial charge in [-0.1, -0.05) is 34.1 Å². The van der Waals surface area contributed by atoms with E-state index >= 15 is 0 Å². The van der Waals surface area contributed by atoms with Gasteiger partial charge in [0.1, 0.15) is 0 Å². The Morgan fingerprint density at radius 1 is 1.29 bits per heavy atom. The van der Waals surface area contributed by atoms with Gasteiger partial charge < -0.3 is 0 Å². The lowest BCUT2D eigenvalue weighted by Gasteiger charge is -2.05. The van der Waals surface area contributed by atoms with E-state index in [-0.39, 0.29) is 5.78 Å². The maximum Gasteiger partial charge on any atom is 0.163 e. The summed E-state index contributed by atoms with van der Waals surface area (Å²) >= 11 is 3.46. The van der Waals surface area contributed by atoms with E-state index in [1.54, 1.807) is 6.20 Å². The lowest BCUT2D eigenvalue weighted by molar-refractivity contribution is 0.101. The lowest BCUT2D eigenvalue weighted by Crippen LogP contribution is -2.02. The molecule has 86 valence electrons. The van der Waals surface area contributed by atoms with E-state index in [4.69, 9.17) is 0 Å². The van der Waals surface area contributed by atoms with Crippen molar-refractivity contribution >= 4 is 21.7 Å². The van der Waals surface area contributed by atoms with Crippen molar-refractivity contribution in [3.05, 3.63) is 46.2 Å². The summed E-state index contributed by atoms with van der Waals surface area (Å²) in [5.41, 5.74) is 2.20. The van der Waals surface area contributed by atoms with Crippen LogP contribution in [0.4, 0.5) is 0 Å². The summed E-state index contributed by atoms with van der Waals surface area (Å²) in [7, 11) is 0. The third-order valence-corrected chi connectivity index (χ3v) is 3.16. The third-order valence-electron chi connectivity index (χ3n) is 2.47. The van der Waals surface area contributed by atoms with Gasteiger partial charge in [0, 0.05) is 16.2 Å². The molecule has 0 saturated heterocycles. The Bertz CT molecular complexity index is 581. The van der Waals surface area contributed by atoms with E-state index in [1.807, 2.05) is 31.2 Å². The van der Waals surface area contributed by atoms with E-state index < -0.39 is 0 Å². The van der Waals surface area contributed by atoms with Crippen LogP contribution in [0.15, 0.2) is 34.9 Å². The monoisotopic (exact) mass is 290 g/mol. The largest absolute Gasteiger partial charge is 0.294 e. The standard InChI is InChI=1S/C13H11BrN2O/c1-8-11(9(2)17)7-15-13(16-8)10-5-3-4-6-12(10)14/h3-7H,1-2H3. The number of nitrogens with zero attached hydrogens (tertiary/aromatic N) is 2. The first-order valence-electron chi connectivity index (χ1n) is 5.19. The van der Waals surface area contributed by atoms with Crippen LogP contribution < -0.4 is 0 Å². The number of carbonyl (C=O) groups excluding carboxylic acids is 1. The summed E-state index contributed by atoms with van der Waals surface area (Å²) in [4.78, 5) is 19.9. The molecular formula is C13H11BrN2O. The number of ketones is 1. The first kappa shape index (κ1) is 11.9. The zero-order valence-electron chi connectivity index (χ0n) is 9.57. The number of rotatable bonds is 2. The SMILES string of the molecule is CC(=O)c1cnc(-c2ccccc2Br)nc1C. The average Bonchev–Trinajstić information content (AvgIpc) is 2.29. The Kier molecular flexibility index (Phi) is 3.33. The molecule has 4 heteroatoms. The number of Topliss-reactive ketones (excluding diaryl/α,β-unsaturated/α-hetero) is 1. The zero-order valence-corrected chi connectivity index (χ0v) is 11.2. The lowest BCUT2D eigenvalue weighted by atomic mass is 10.1. The minimum atomic E-state index is -0.0128. The Balaban J connectivity index is 2.52. The van der Waals surface area contributed by atoms with Crippen molar-refractivity contribution in [1.82, 2.24) is 9.97 Å². The Labute approximate surface area is 108 Å². The smallest absolute Gasteiger partial charge is 0.163 e. The number of carbonyl (C=O) groups is 1. The van der Waals surface area contributed by atoms with Gasteiger partial charge in [0.2, 0.25) is 0 Å². The molecule has 0 aliphatic rings. The number of hydrogen-bond acceptors (Lipinski definition) is 3. The van der Waals surface area contributed by atoms with Crippen LogP contribution in [0, 0.1) is 6.92 Å². The molecule has 2 rings (SSSR count). The fourth-order valence-corrected chi connectivity index (χ4v) is 2.05. The molecule has 0 radical (unpaired) electrons. The van der Waals surface area contributed by atoms with Crippen molar-refractivity contribution in [1.29, 1.82) is 0 Å². The molecule has 17 heavy (non-hydrogen) atoms. The van der Waals surface area contributed by atoms with Gasteiger partial charge in [0.05, 0.1) is 11.3 Å². The average molecular weight is 291 g/mol. The van der Waals surface area contributed by atoms with Gasteiger partial charge >= 0.3 is 0 Å². The normalized spacial score (nSPS) is 10.3. The summed E-state index contributed by atoms with van der Waals surface area (Å²) < 4.78 is 0.940. The number of halogens is 1. The second-order valence-corrected chi connectivity index (χ2v) is 4.58. The van der Waals surface area contributed by atoms with Crippen molar-refractivity contribution in [2.75, 3.05) is 0 Å². The fourth-order valence-electron chi connectivity index (χ4n) is 1.59. The second kappa shape index (κ2) is 4.75. The summed E-state index contributed by atoms with van der Waals surface area (Å²) in [6.45, 7) is 3.34. The maximum absolute atomic E-state index is 11.3. The molecule has 0 fully saturated rings. The van der Waals surface area contributed by atoms with Crippen LogP contribution in [-0.2, 0) is 0 Å². The first-order valence-corrected chi connectivity index (χ1v) is 5.98. The molecule has 0 saturated carbocycles. The van der Waals surface area contributed by atoms with E-state index in [0.29, 0.717) is 17.1 Å². The Morgan fingerprint density at radius 2 is 2.00 bits per heavy atom. The van der Waals surface area contributed by atoms with Crippen LogP contribution >= 0.6 is 15.9 Å². The minimum Gasteiger partial charge on any atom is -0.294 e. The summed E-state index contributed by atoms with van der Waals surface area (Å²) in [6.07, 6.45) is 1.58. The van der Waals surface area contributed by atoms with Crippen molar-refractivity contribution in [3.63, 3.8) is 0 Å². The number of hydrogen-bond donors (Lipinski definition) is 0. The zero-order chi connectivity index (χ0) is 12.4. The number of aromatic nitrogens is 2. The second-order valence-electron chi connectivity index (χ2n) is 3.73. The van der Waals surface area contributed by atoms with Gasteiger partial charge in [0.15, 0.2) is 11.6 Å². The quantitative estimate of drug-likeness (QED) is 0.796. The Hall–Kier alpha value is -1.55. The third kappa shape index (κ3) is 2.42. The predicted molar refractivity (Wildman–Crippen MR) is 69.9 cm³/mol. The molecule has 0 aliphatic carbocycles.